The Morgan fingerprint density at radius 2 is 1.67 bits per heavy atom. The number of unbranched alkanes of at least 4 members (excludes halogenated alkanes) is 4. The molecule has 0 aliphatic heterocycles. The Kier molecular flexibility index (Phi) is 7.16. The number of hydrogen-bond acceptors (Lipinski definition) is 2. The molecule has 0 aromatic heterocycles. The summed E-state index contributed by atoms with van der Waals surface area (Å²) >= 11 is 0. The van der Waals surface area contributed by atoms with Crippen molar-refractivity contribution in [3.8, 4) is 5.75 Å². The predicted octanol–water partition coefficient (Wildman–Crippen LogP) is 4.63. The SMILES string of the molecule is CCCCCCCOc1ccc(C(=O)CC)cc1. The normalized spacial score (nSPS) is 10.3. The van der Waals surface area contributed by atoms with E-state index in [-0.39, 0.29) is 5.78 Å². The summed E-state index contributed by atoms with van der Waals surface area (Å²) in [6.45, 7) is 4.86. The molecule has 0 heterocycles. The minimum absolute atomic E-state index is 0.182. The molecule has 0 bridgehead atoms. The molecule has 1 aromatic carbocycles. The zero-order chi connectivity index (χ0) is 13.2. The van der Waals surface area contributed by atoms with Gasteiger partial charge in [-0.1, -0.05) is 39.5 Å². The third kappa shape index (κ3) is 5.35. The number of ether oxygens (including phenoxy) is 1. The number of ketones is 1. The lowest BCUT2D eigenvalue weighted by atomic mass is 10.1. The lowest BCUT2D eigenvalue weighted by Gasteiger charge is -2.06. The van der Waals surface area contributed by atoms with Gasteiger partial charge in [0.15, 0.2) is 5.78 Å². The van der Waals surface area contributed by atoms with Crippen molar-refractivity contribution < 1.29 is 9.53 Å². The highest BCUT2D eigenvalue weighted by molar-refractivity contribution is 5.95. The molecule has 0 atom stereocenters. The Labute approximate surface area is 110 Å². The smallest absolute Gasteiger partial charge is 0.162 e. The van der Waals surface area contributed by atoms with E-state index in [1.165, 1.54) is 25.7 Å². The summed E-state index contributed by atoms with van der Waals surface area (Å²) in [4.78, 5) is 11.4. The van der Waals surface area contributed by atoms with E-state index in [9.17, 15) is 4.79 Å². The molecule has 18 heavy (non-hydrogen) atoms. The maximum Gasteiger partial charge on any atom is 0.162 e. The van der Waals surface area contributed by atoms with E-state index in [4.69, 9.17) is 4.74 Å². The van der Waals surface area contributed by atoms with E-state index < -0.39 is 0 Å². The Morgan fingerprint density at radius 1 is 1.00 bits per heavy atom. The van der Waals surface area contributed by atoms with Crippen LogP contribution in [-0.2, 0) is 0 Å². The topological polar surface area (TPSA) is 26.3 Å². The lowest BCUT2D eigenvalue weighted by molar-refractivity contribution is 0.0988. The van der Waals surface area contributed by atoms with E-state index in [2.05, 4.69) is 6.92 Å². The van der Waals surface area contributed by atoms with Crippen LogP contribution in [0.3, 0.4) is 0 Å². The maximum absolute atomic E-state index is 11.4. The maximum atomic E-state index is 11.4. The number of rotatable bonds is 9. The van der Waals surface area contributed by atoms with Crippen LogP contribution in [0, 0.1) is 0 Å². The van der Waals surface area contributed by atoms with Gasteiger partial charge >= 0.3 is 0 Å². The molecular formula is C16H24O2. The molecule has 1 aromatic rings. The van der Waals surface area contributed by atoms with Gasteiger partial charge in [0.2, 0.25) is 0 Å². The summed E-state index contributed by atoms with van der Waals surface area (Å²) in [5, 5.41) is 0. The van der Waals surface area contributed by atoms with Crippen molar-refractivity contribution in [1.29, 1.82) is 0 Å². The summed E-state index contributed by atoms with van der Waals surface area (Å²) in [6, 6.07) is 7.46. The molecule has 0 saturated heterocycles. The standard InChI is InChI=1S/C16H24O2/c1-3-5-6-7-8-13-18-15-11-9-14(10-12-15)16(17)4-2/h9-12H,3-8,13H2,1-2H3. The van der Waals surface area contributed by atoms with Crippen molar-refractivity contribution >= 4 is 5.78 Å². The number of hydrogen-bond donors (Lipinski definition) is 0. The van der Waals surface area contributed by atoms with Gasteiger partial charge in [-0.3, -0.25) is 4.79 Å². The average Bonchev–Trinajstić information content (AvgIpc) is 2.42. The highest BCUT2D eigenvalue weighted by Gasteiger charge is 2.02. The van der Waals surface area contributed by atoms with Crippen molar-refractivity contribution in [1.82, 2.24) is 0 Å². The first kappa shape index (κ1) is 14.7. The van der Waals surface area contributed by atoms with E-state index in [0.29, 0.717) is 6.42 Å². The highest BCUT2D eigenvalue weighted by atomic mass is 16.5. The van der Waals surface area contributed by atoms with Crippen LogP contribution < -0.4 is 4.74 Å². The fraction of sp³-hybridized carbons (Fsp3) is 0.562. The van der Waals surface area contributed by atoms with E-state index in [1.807, 2.05) is 31.2 Å². The zero-order valence-corrected chi connectivity index (χ0v) is 11.6. The van der Waals surface area contributed by atoms with Gasteiger partial charge in [0.05, 0.1) is 6.61 Å². The van der Waals surface area contributed by atoms with E-state index in [1.54, 1.807) is 0 Å². The van der Waals surface area contributed by atoms with Gasteiger partial charge in [-0.05, 0) is 30.7 Å². The Balaban J connectivity index is 2.25. The third-order valence-electron chi connectivity index (χ3n) is 3.01. The fourth-order valence-electron chi connectivity index (χ4n) is 1.84. The molecule has 0 amide bonds. The molecule has 2 heteroatoms. The van der Waals surface area contributed by atoms with Gasteiger partial charge in [-0.15, -0.1) is 0 Å². The molecule has 100 valence electrons. The van der Waals surface area contributed by atoms with Crippen LogP contribution in [-0.4, -0.2) is 12.4 Å². The second-order valence-electron chi connectivity index (χ2n) is 4.56. The molecule has 0 saturated carbocycles. The molecule has 2 nitrogen and oxygen atoms in total. The summed E-state index contributed by atoms with van der Waals surface area (Å²) in [7, 11) is 0. The first-order valence-corrected chi connectivity index (χ1v) is 7.04. The van der Waals surface area contributed by atoms with Gasteiger partial charge in [0.25, 0.3) is 0 Å². The molecule has 0 spiro atoms. The minimum atomic E-state index is 0.182. The van der Waals surface area contributed by atoms with Crippen LogP contribution >= 0.6 is 0 Å². The molecule has 0 aliphatic carbocycles. The largest absolute Gasteiger partial charge is 0.494 e. The Morgan fingerprint density at radius 3 is 2.28 bits per heavy atom. The van der Waals surface area contributed by atoms with Crippen molar-refractivity contribution in [2.45, 2.75) is 52.4 Å². The molecule has 0 unspecified atom stereocenters. The van der Waals surface area contributed by atoms with Crippen molar-refractivity contribution in [3.63, 3.8) is 0 Å². The average molecular weight is 248 g/mol. The highest BCUT2D eigenvalue weighted by Crippen LogP contribution is 2.14. The van der Waals surface area contributed by atoms with Gasteiger partial charge in [-0.25, -0.2) is 0 Å². The minimum Gasteiger partial charge on any atom is -0.494 e. The summed E-state index contributed by atoms with van der Waals surface area (Å²) < 4.78 is 5.64. The second-order valence-corrected chi connectivity index (χ2v) is 4.56. The second kappa shape index (κ2) is 8.73. The van der Waals surface area contributed by atoms with Gasteiger partial charge in [-0.2, -0.15) is 0 Å². The van der Waals surface area contributed by atoms with Gasteiger partial charge in [0, 0.05) is 12.0 Å². The number of carbonyl (C=O) groups is 1. The van der Waals surface area contributed by atoms with Crippen molar-refractivity contribution in [2.75, 3.05) is 6.61 Å². The monoisotopic (exact) mass is 248 g/mol. The van der Waals surface area contributed by atoms with Crippen LogP contribution in [0.5, 0.6) is 5.75 Å². The van der Waals surface area contributed by atoms with E-state index >= 15 is 0 Å². The van der Waals surface area contributed by atoms with Crippen LogP contribution in [0.4, 0.5) is 0 Å². The van der Waals surface area contributed by atoms with Crippen LogP contribution in [0.2, 0.25) is 0 Å². The van der Waals surface area contributed by atoms with E-state index in [0.717, 1.165) is 24.3 Å². The fourth-order valence-corrected chi connectivity index (χ4v) is 1.84. The van der Waals surface area contributed by atoms with Crippen LogP contribution in [0.15, 0.2) is 24.3 Å². The van der Waals surface area contributed by atoms with Crippen molar-refractivity contribution in [2.24, 2.45) is 0 Å². The number of benzene rings is 1. The number of Topliss-reactive ketones (excluding diaryl/α,β-unsaturated/α-hetero) is 1. The summed E-state index contributed by atoms with van der Waals surface area (Å²) in [6.07, 6.45) is 6.78. The van der Waals surface area contributed by atoms with Crippen molar-refractivity contribution in [3.05, 3.63) is 29.8 Å². The molecule has 0 N–H and O–H groups in total. The Bertz CT molecular complexity index is 341. The van der Waals surface area contributed by atoms with Crippen LogP contribution in [0.1, 0.15) is 62.7 Å². The zero-order valence-electron chi connectivity index (χ0n) is 11.6. The predicted molar refractivity (Wildman–Crippen MR) is 75.3 cm³/mol. The summed E-state index contributed by atoms with van der Waals surface area (Å²) in [5.74, 6) is 1.04. The lowest BCUT2D eigenvalue weighted by Crippen LogP contribution is -1.99. The number of carbonyl (C=O) groups excluding carboxylic acids is 1. The first-order valence-electron chi connectivity index (χ1n) is 7.04. The van der Waals surface area contributed by atoms with Crippen LogP contribution in [0.25, 0.3) is 0 Å². The van der Waals surface area contributed by atoms with Gasteiger partial charge < -0.3 is 4.74 Å². The molecule has 0 fully saturated rings. The quantitative estimate of drug-likeness (QED) is 0.470. The first-order chi connectivity index (χ1) is 8.77. The molecule has 0 aliphatic rings. The van der Waals surface area contributed by atoms with Gasteiger partial charge in [0.1, 0.15) is 5.75 Å². The molecular weight excluding hydrogens is 224 g/mol. The third-order valence-corrected chi connectivity index (χ3v) is 3.01. The molecule has 1 rings (SSSR count). The summed E-state index contributed by atoms with van der Waals surface area (Å²) in [5.41, 5.74) is 0.771. The Hall–Kier alpha value is -1.31. The molecule has 0 radical (unpaired) electrons.